The van der Waals surface area contributed by atoms with Gasteiger partial charge >= 0.3 is 0 Å². The second-order valence-corrected chi connectivity index (χ2v) is 9.49. The Labute approximate surface area is 195 Å². The van der Waals surface area contributed by atoms with Crippen molar-refractivity contribution in [3.63, 3.8) is 0 Å². The van der Waals surface area contributed by atoms with Gasteiger partial charge in [0.05, 0.1) is 17.8 Å². The van der Waals surface area contributed by atoms with Gasteiger partial charge in [-0.15, -0.1) is 0 Å². The fourth-order valence-corrected chi connectivity index (χ4v) is 5.91. The van der Waals surface area contributed by atoms with E-state index in [2.05, 4.69) is 57.9 Å². The van der Waals surface area contributed by atoms with E-state index in [0.29, 0.717) is 6.04 Å². The van der Waals surface area contributed by atoms with Crippen LogP contribution in [-0.2, 0) is 6.54 Å². The molecule has 6 heteroatoms. The molecule has 0 aromatic carbocycles. The Bertz CT molecular complexity index is 1070. The van der Waals surface area contributed by atoms with Gasteiger partial charge in [-0.25, -0.2) is 0 Å². The maximum Gasteiger partial charge on any atom is 0.170 e. The average molecular weight is 446 g/mol. The molecule has 1 aliphatic heterocycles. The van der Waals surface area contributed by atoms with E-state index in [-0.39, 0.29) is 12.1 Å². The second-order valence-electron chi connectivity index (χ2n) is 9.10. The topological polar surface area (TPSA) is 46.0 Å². The zero-order valence-electron chi connectivity index (χ0n) is 18.9. The van der Waals surface area contributed by atoms with Crippen LogP contribution in [0.1, 0.15) is 78.4 Å². The summed E-state index contributed by atoms with van der Waals surface area (Å²) in [4.78, 5) is 11.3. The van der Waals surface area contributed by atoms with Crippen molar-refractivity contribution in [2.24, 2.45) is 0 Å². The summed E-state index contributed by atoms with van der Waals surface area (Å²) in [5.74, 6) is 0. The summed E-state index contributed by atoms with van der Waals surface area (Å²) in [5.41, 5.74) is 6.24. The third-order valence-corrected chi connectivity index (χ3v) is 7.41. The Morgan fingerprint density at radius 1 is 1.06 bits per heavy atom. The van der Waals surface area contributed by atoms with Crippen molar-refractivity contribution < 1.29 is 0 Å². The quantitative estimate of drug-likeness (QED) is 0.520. The molecular formula is C26H31N5S. The molecule has 1 N–H and O–H groups in total. The van der Waals surface area contributed by atoms with Gasteiger partial charge in [-0.1, -0.05) is 31.4 Å². The predicted octanol–water partition coefficient (Wildman–Crippen LogP) is 5.57. The van der Waals surface area contributed by atoms with Gasteiger partial charge in [0.15, 0.2) is 5.11 Å². The lowest BCUT2D eigenvalue weighted by molar-refractivity contribution is 0.306. The van der Waals surface area contributed by atoms with Crippen molar-refractivity contribution in [1.82, 2.24) is 24.8 Å². The smallest absolute Gasteiger partial charge is 0.170 e. The highest BCUT2D eigenvalue weighted by Crippen LogP contribution is 2.43. The lowest BCUT2D eigenvalue weighted by Crippen LogP contribution is -2.29. The summed E-state index contributed by atoms with van der Waals surface area (Å²) in [7, 11) is 0. The standard InChI is InChI=1S/C26H31N5S/c1-18-15-22(19(2)31(18)21-10-4-3-5-11-21)25-24(23-12-6-7-14-28-23)29-26(32)30(25)17-20-9-8-13-27-16-20/h6-9,12-16,21,24-25H,3-5,10-11,17H2,1-2H3,(H,29,32)/t24-,25+/m1/s1. The first-order valence-electron chi connectivity index (χ1n) is 11.7. The molecule has 0 amide bonds. The molecule has 166 valence electrons. The van der Waals surface area contributed by atoms with E-state index in [1.165, 1.54) is 49.1 Å². The van der Waals surface area contributed by atoms with Gasteiger partial charge in [0.25, 0.3) is 0 Å². The zero-order chi connectivity index (χ0) is 22.1. The van der Waals surface area contributed by atoms with Crippen molar-refractivity contribution in [3.05, 3.63) is 83.2 Å². The lowest BCUT2D eigenvalue weighted by Gasteiger charge is -2.29. The average Bonchev–Trinajstić information content (AvgIpc) is 3.30. The third-order valence-electron chi connectivity index (χ3n) is 7.06. The van der Waals surface area contributed by atoms with Crippen molar-refractivity contribution in [2.45, 2.75) is 70.6 Å². The first kappa shape index (κ1) is 21.1. The number of pyridine rings is 2. The van der Waals surface area contributed by atoms with Gasteiger partial charge in [-0.05, 0) is 74.3 Å². The summed E-state index contributed by atoms with van der Waals surface area (Å²) in [5, 5.41) is 4.36. The molecule has 5 rings (SSSR count). The molecule has 2 fully saturated rings. The maximum absolute atomic E-state index is 5.86. The minimum Gasteiger partial charge on any atom is -0.352 e. The van der Waals surface area contributed by atoms with Crippen LogP contribution in [-0.4, -0.2) is 24.5 Å². The van der Waals surface area contributed by atoms with E-state index in [9.17, 15) is 0 Å². The molecule has 0 radical (unpaired) electrons. The number of thiocarbonyl (C=S) groups is 1. The minimum atomic E-state index is 0.0145. The Kier molecular flexibility index (Phi) is 5.96. The normalized spacial score (nSPS) is 21.7. The van der Waals surface area contributed by atoms with Crippen LogP contribution < -0.4 is 5.32 Å². The van der Waals surface area contributed by atoms with Crippen LogP contribution in [0.2, 0.25) is 0 Å². The number of hydrogen-bond acceptors (Lipinski definition) is 3. The number of nitrogens with one attached hydrogen (secondary N) is 1. The highest BCUT2D eigenvalue weighted by atomic mass is 32.1. The molecule has 0 spiro atoms. The summed E-state index contributed by atoms with van der Waals surface area (Å²) in [6, 6.07) is 13.3. The molecule has 1 aliphatic carbocycles. The molecule has 1 saturated heterocycles. The third kappa shape index (κ3) is 3.92. The maximum atomic E-state index is 5.86. The number of rotatable bonds is 5. The Morgan fingerprint density at radius 2 is 1.91 bits per heavy atom. The molecular weight excluding hydrogens is 414 g/mol. The molecule has 32 heavy (non-hydrogen) atoms. The molecule has 2 atom stereocenters. The van der Waals surface area contributed by atoms with Crippen LogP contribution in [0.25, 0.3) is 0 Å². The van der Waals surface area contributed by atoms with Crippen molar-refractivity contribution in [3.8, 4) is 0 Å². The number of hydrogen-bond donors (Lipinski definition) is 1. The van der Waals surface area contributed by atoms with Gasteiger partial charge in [0.2, 0.25) is 0 Å². The van der Waals surface area contributed by atoms with E-state index >= 15 is 0 Å². The first-order valence-corrected chi connectivity index (χ1v) is 12.1. The van der Waals surface area contributed by atoms with Gasteiger partial charge < -0.3 is 14.8 Å². The monoisotopic (exact) mass is 445 g/mol. The van der Waals surface area contributed by atoms with Crippen LogP contribution in [0.4, 0.5) is 0 Å². The molecule has 5 nitrogen and oxygen atoms in total. The SMILES string of the molecule is Cc1cc([C@H]2[C@@H](c3ccccn3)NC(=S)N2Cc2cccnc2)c(C)n1C1CCCCC1. The van der Waals surface area contributed by atoms with Crippen LogP contribution in [0.3, 0.4) is 0 Å². The molecule has 3 aromatic rings. The largest absolute Gasteiger partial charge is 0.352 e. The van der Waals surface area contributed by atoms with Crippen LogP contribution in [0.15, 0.2) is 55.0 Å². The molecule has 0 unspecified atom stereocenters. The highest BCUT2D eigenvalue weighted by Gasteiger charge is 2.41. The van der Waals surface area contributed by atoms with E-state index in [0.717, 1.165) is 22.9 Å². The van der Waals surface area contributed by atoms with Crippen molar-refractivity contribution in [1.29, 1.82) is 0 Å². The minimum absolute atomic E-state index is 0.0145. The fourth-order valence-electron chi connectivity index (χ4n) is 5.61. The highest BCUT2D eigenvalue weighted by molar-refractivity contribution is 7.80. The summed E-state index contributed by atoms with van der Waals surface area (Å²) in [6.07, 6.45) is 12.2. The molecule has 1 saturated carbocycles. The lowest BCUT2D eigenvalue weighted by atomic mass is 9.94. The van der Waals surface area contributed by atoms with Crippen molar-refractivity contribution in [2.75, 3.05) is 0 Å². The number of aryl methyl sites for hydroxylation is 1. The van der Waals surface area contributed by atoms with Crippen LogP contribution in [0, 0.1) is 13.8 Å². The summed E-state index contributed by atoms with van der Waals surface area (Å²) < 4.78 is 2.59. The van der Waals surface area contributed by atoms with E-state index in [1.807, 2.05) is 30.7 Å². The molecule has 2 aliphatic rings. The van der Waals surface area contributed by atoms with Gasteiger partial charge in [0.1, 0.15) is 0 Å². The van der Waals surface area contributed by atoms with Gasteiger partial charge in [-0.3, -0.25) is 9.97 Å². The zero-order valence-corrected chi connectivity index (χ0v) is 19.7. The first-order chi connectivity index (χ1) is 15.6. The fraction of sp³-hybridized carbons (Fsp3) is 0.423. The Morgan fingerprint density at radius 3 is 2.62 bits per heavy atom. The molecule has 4 heterocycles. The Hall–Kier alpha value is -2.73. The van der Waals surface area contributed by atoms with Crippen molar-refractivity contribution >= 4 is 17.3 Å². The number of nitrogens with zero attached hydrogens (tertiary/aromatic N) is 4. The van der Waals surface area contributed by atoms with Crippen LogP contribution in [0.5, 0.6) is 0 Å². The van der Waals surface area contributed by atoms with Crippen LogP contribution >= 0.6 is 12.2 Å². The summed E-state index contributed by atoms with van der Waals surface area (Å²) in [6.45, 7) is 5.27. The Balaban J connectivity index is 1.57. The van der Waals surface area contributed by atoms with E-state index < -0.39 is 0 Å². The second kappa shape index (κ2) is 9.02. The van der Waals surface area contributed by atoms with Gasteiger partial charge in [0, 0.05) is 42.6 Å². The predicted molar refractivity (Wildman–Crippen MR) is 131 cm³/mol. The van der Waals surface area contributed by atoms with E-state index in [4.69, 9.17) is 17.2 Å². The van der Waals surface area contributed by atoms with Gasteiger partial charge in [-0.2, -0.15) is 0 Å². The molecule has 0 bridgehead atoms. The van der Waals surface area contributed by atoms with E-state index in [1.54, 1.807) is 0 Å². The number of aromatic nitrogens is 3. The summed E-state index contributed by atoms with van der Waals surface area (Å²) >= 11 is 5.86. The molecule has 3 aromatic heterocycles.